The number of nitrogens with zero attached hydrogens (tertiary/aromatic N) is 3. The fourth-order valence-electron chi connectivity index (χ4n) is 3.96. The lowest BCUT2D eigenvalue weighted by Crippen LogP contribution is -2.39. The van der Waals surface area contributed by atoms with Crippen LogP contribution in [0.2, 0.25) is 0 Å². The van der Waals surface area contributed by atoms with Crippen LogP contribution in [0.25, 0.3) is 0 Å². The van der Waals surface area contributed by atoms with Crippen LogP contribution >= 0.6 is 11.8 Å². The first kappa shape index (κ1) is 18.5. The number of aryl methyl sites for hydroxylation is 1. The van der Waals surface area contributed by atoms with E-state index in [2.05, 4.69) is 10.4 Å². The molecule has 5 nitrogen and oxygen atoms in total. The average Bonchev–Trinajstić information content (AvgIpc) is 3.02. The summed E-state index contributed by atoms with van der Waals surface area (Å²) in [5.41, 5.74) is 3.82. The third kappa shape index (κ3) is 4.04. The van der Waals surface area contributed by atoms with Gasteiger partial charge in [0, 0.05) is 55.5 Å². The molecule has 0 bridgehead atoms. The Kier molecular flexibility index (Phi) is 5.50. The van der Waals surface area contributed by atoms with E-state index in [1.54, 1.807) is 12.1 Å². The van der Waals surface area contributed by atoms with E-state index in [0.29, 0.717) is 12.2 Å². The zero-order valence-corrected chi connectivity index (χ0v) is 16.4. The number of aromatic nitrogens is 2. The second kappa shape index (κ2) is 8.02. The van der Waals surface area contributed by atoms with Gasteiger partial charge in [-0.15, -0.1) is 0 Å². The Bertz CT molecular complexity index is 831. The van der Waals surface area contributed by atoms with Crippen molar-refractivity contribution in [1.29, 1.82) is 0 Å². The average molecular weight is 389 g/mol. The number of nitrogens with one attached hydrogen (secondary N) is 1. The van der Waals surface area contributed by atoms with Crippen LogP contribution in [-0.2, 0) is 26.4 Å². The van der Waals surface area contributed by atoms with Gasteiger partial charge >= 0.3 is 0 Å². The minimum absolute atomic E-state index is 0.0675. The lowest BCUT2D eigenvalue weighted by Gasteiger charge is -2.27. The zero-order chi connectivity index (χ0) is 18.8. The highest BCUT2D eigenvalue weighted by Gasteiger charge is 2.30. The Balaban J connectivity index is 1.47. The number of thioether (sulfide) groups is 1. The molecule has 1 fully saturated rings. The summed E-state index contributed by atoms with van der Waals surface area (Å²) in [7, 11) is 1.93. The minimum Gasteiger partial charge on any atom is -0.336 e. The first-order chi connectivity index (χ1) is 13.1. The maximum atomic E-state index is 13.4. The van der Waals surface area contributed by atoms with Gasteiger partial charge in [0.1, 0.15) is 5.82 Å². The molecule has 1 aliphatic heterocycles. The zero-order valence-electron chi connectivity index (χ0n) is 15.6. The predicted octanol–water partition coefficient (Wildman–Crippen LogP) is 2.40. The number of carbonyl (C=O) groups is 1. The van der Waals surface area contributed by atoms with Gasteiger partial charge in [-0.3, -0.25) is 9.48 Å². The number of halogens is 1. The topological polar surface area (TPSA) is 50.2 Å². The number of benzene rings is 1. The predicted molar refractivity (Wildman–Crippen MR) is 105 cm³/mol. The summed E-state index contributed by atoms with van der Waals surface area (Å²) in [4.78, 5) is 14.9. The summed E-state index contributed by atoms with van der Waals surface area (Å²) in [5, 5.41) is 8.10. The second-order valence-electron chi connectivity index (χ2n) is 7.25. The van der Waals surface area contributed by atoms with Gasteiger partial charge in [-0.05, 0) is 37.0 Å². The van der Waals surface area contributed by atoms with Crippen molar-refractivity contribution < 1.29 is 9.18 Å². The molecule has 1 aromatic heterocycles. The lowest BCUT2D eigenvalue weighted by atomic mass is 9.91. The van der Waals surface area contributed by atoms with Crippen molar-refractivity contribution >= 4 is 17.7 Å². The van der Waals surface area contributed by atoms with E-state index in [9.17, 15) is 9.18 Å². The van der Waals surface area contributed by atoms with Crippen molar-refractivity contribution in [3.05, 3.63) is 52.6 Å². The maximum absolute atomic E-state index is 13.4. The van der Waals surface area contributed by atoms with Gasteiger partial charge in [-0.25, -0.2) is 4.39 Å². The van der Waals surface area contributed by atoms with Gasteiger partial charge in [0.05, 0.1) is 0 Å². The molecule has 2 aliphatic rings. The highest BCUT2D eigenvalue weighted by Crippen LogP contribution is 2.26. The third-order valence-corrected chi connectivity index (χ3v) is 6.38. The summed E-state index contributed by atoms with van der Waals surface area (Å²) in [6, 6.07) is 6.96. The van der Waals surface area contributed by atoms with Gasteiger partial charge in [0.15, 0.2) is 5.69 Å². The van der Waals surface area contributed by atoms with Crippen molar-refractivity contribution in [1.82, 2.24) is 20.0 Å². The van der Waals surface area contributed by atoms with E-state index in [-0.39, 0.29) is 17.8 Å². The van der Waals surface area contributed by atoms with E-state index in [1.165, 1.54) is 11.8 Å². The quantitative estimate of drug-likeness (QED) is 0.874. The molecule has 2 aromatic rings. The fourth-order valence-corrected chi connectivity index (χ4v) is 4.86. The van der Waals surface area contributed by atoms with Gasteiger partial charge < -0.3 is 10.2 Å². The molecule has 4 rings (SSSR count). The molecule has 7 heteroatoms. The van der Waals surface area contributed by atoms with Gasteiger partial charge in [0.2, 0.25) is 0 Å². The van der Waals surface area contributed by atoms with Gasteiger partial charge in [0.25, 0.3) is 5.91 Å². The van der Waals surface area contributed by atoms with Crippen LogP contribution in [0.15, 0.2) is 24.3 Å². The Morgan fingerprint density at radius 2 is 2.19 bits per heavy atom. The summed E-state index contributed by atoms with van der Waals surface area (Å²) in [5.74, 6) is 1.86. The molecule has 1 saturated heterocycles. The number of carbonyl (C=O) groups excluding carboxylic acids is 1. The molecule has 2 heterocycles. The molecule has 144 valence electrons. The number of fused-ring (bicyclic) bond motifs is 1. The maximum Gasteiger partial charge on any atom is 0.274 e. The van der Waals surface area contributed by atoms with Crippen LogP contribution in [0, 0.1) is 5.82 Å². The Hall–Kier alpha value is -1.86. The van der Waals surface area contributed by atoms with Crippen LogP contribution < -0.4 is 5.32 Å². The molecule has 0 radical (unpaired) electrons. The SMILES string of the molecule is Cn1nc(C(=O)N2CCSCC2)c2c1CCC(NCc1cccc(F)c1)C2. The van der Waals surface area contributed by atoms with Gasteiger partial charge in [-0.1, -0.05) is 12.1 Å². The van der Waals surface area contributed by atoms with E-state index in [1.807, 2.05) is 34.5 Å². The molecule has 1 aromatic carbocycles. The molecule has 1 atom stereocenters. The van der Waals surface area contributed by atoms with E-state index < -0.39 is 0 Å². The molecule has 0 saturated carbocycles. The molecule has 0 spiro atoms. The number of rotatable bonds is 4. The van der Waals surface area contributed by atoms with Crippen LogP contribution in [0.3, 0.4) is 0 Å². The van der Waals surface area contributed by atoms with Gasteiger partial charge in [-0.2, -0.15) is 16.9 Å². The summed E-state index contributed by atoms with van der Waals surface area (Å²) in [6.45, 7) is 2.23. The van der Waals surface area contributed by atoms with E-state index in [4.69, 9.17) is 0 Å². The van der Waals surface area contributed by atoms with Crippen LogP contribution in [-0.4, -0.2) is 51.2 Å². The number of amides is 1. The number of hydrogen-bond acceptors (Lipinski definition) is 4. The number of hydrogen-bond donors (Lipinski definition) is 1. The highest BCUT2D eigenvalue weighted by atomic mass is 32.2. The van der Waals surface area contributed by atoms with Crippen molar-refractivity contribution in [2.45, 2.75) is 31.8 Å². The minimum atomic E-state index is -0.208. The Morgan fingerprint density at radius 1 is 1.37 bits per heavy atom. The normalized spacial score (nSPS) is 19.8. The molecular weight excluding hydrogens is 363 g/mol. The third-order valence-electron chi connectivity index (χ3n) is 5.44. The van der Waals surface area contributed by atoms with Crippen LogP contribution in [0.4, 0.5) is 4.39 Å². The van der Waals surface area contributed by atoms with Crippen molar-refractivity contribution in [2.75, 3.05) is 24.6 Å². The molecule has 1 aliphatic carbocycles. The summed E-state index contributed by atoms with van der Waals surface area (Å²) < 4.78 is 15.2. The summed E-state index contributed by atoms with van der Waals surface area (Å²) in [6.07, 6.45) is 2.70. The first-order valence-corrected chi connectivity index (χ1v) is 10.7. The second-order valence-corrected chi connectivity index (χ2v) is 8.48. The van der Waals surface area contributed by atoms with Crippen LogP contribution in [0.5, 0.6) is 0 Å². The van der Waals surface area contributed by atoms with Crippen molar-refractivity contribution in [3.63, 3.8) is 0 Å². The lowest BCUT2D eigenvalue weighted by molar-refractivity contribution is 0.0764. The molecule has 1 N–H and O–H groups in total. The standard InChI is InChI=1S/C20H25FN4OS/c1-24-18-6-5-16(22-13-14-3-2-4-15(21)11-14)12-17(18)19(23-24)20(26)25-7-9-27-10-8-25/h2-4,11,16,22H,5-10,12-13H2,1H3. The Labute approximate surface area is 163 Å². The largest absolute Gasteiger partial charge is 0.336 e. The monoisotopic (exact) mass is 388 g/mol. The first-order valence-electron chi connectivity index (χ1n) is 9.51. The van der Waals surface area contributed by atoms with Crippen molar-refractivity contribution in [3.8, 4) is 0 Å². The molecule has 1 amide bonds. The molecular formula is C20H25FN4OS. The van der Waals surface area contributed by atoms with Crippen LogP contribution in [0.1, 0.15) is 33.7 Å². The smallest absolute Gasteiger partial charge is 0.274 e. The molecule has 27 heavy (non-hydrogen) atoms. The van der Waals surface area contributed by atoms with E-state index in [0.717, 1.165) is 55.0 Å². The molecule has 1 unspecified atom stereocenters. The highest BCUT2D eigenvalue weighted by molar-refractivity contribution is 7.99. The van der Waals surface area contributed by atoms with E-state index >= 15 is 0 Å². The summed E-state index contributed by atoms with van der Waals surface area (Å²) >= 11 is 1.89. The Morgan fingerprint density at radius 3 is 2.96 bits per heavy atom. The fraction of sp³-hybridized carbons (Fsp3) is 0.500. The van der Waals surface area contributed by atoms with Crippen molar-refractivity contribution in [2.24, 2.45) is 7.05 Å².